The Bertz CT molecular complexity index is 1230. The smallest absolute Gasteiger partial charge is 0.306 e. The number of aliphatic hydroxyl groups is 1. The van der Waals surface area contributed by atoms with Gasteiger partial charge < -0.3 is 14.6 Å². The predicted molar refractivity (Wildman–Crippen MR) is 279 cm³/mol. The fourth-order valence-corrected chi connectivity index (χ4v) is 7.42. The number of allylic oxidation sites excluding steroid dienone is 16. The molecule has 1 atom stereocenters. The average molecular weight is 889 g/mol. The van der Waals surface area contributed by atoms with Crippen LogP contribution in [0, 0.1) is 0 Å². The van der Waals surface area contributed by atoms with Crippen LogP contribution in [0.5, 0.6) is 0 Å². The summed E-state index contributed by atoms with van der Waals surface area (Å²) >= 11 is 0. The van der Waals surface area contributed by atoms with Crippen molar-refractivity contribution in [2.24, 2.45) is 0 Å². The van der Waals surface area contributed by atoms with E-state index >= 15 is 0 Å². The lowest BCUT2D eigenvalue weighted by Crippen LogP contribution is -2.28. The number of carbonyl (C=O) groups excluding carboxylic acids is 2. The highest BCUT2D eigenvalue weighted by Gasteiger charge is 2.16. The Balaban J connectivity index is 3.49. The van der Waals surface area contributed by atoms with Crippen molar-refractivity contribution in [1.29, 1.82) is 0 Å². The Morgan fingerprint density at radius 3 is 0.938 bits per heavy atom. The van der Waals surface area contributed by atoms with Crippen molar-refractivity contribution in [3.63, 3.8) is 0 Å². The molecule has 1 unspecified atom stereocenters. The summed E-state index contributed by atoms with van der Waals surface area (Å²) in [4.78, 5) is 24.5. The van der Waals surface area contributed by atoms with Gasteiger partial charge in [-0.2, -0.15) is 0 Å². The minimum atomic E-state index is -0.783. The van der Waals surface area contributed by atoms with Crippen LogP contribution in [-0.2, 0) is 19.1 Å². The number of ether oxygens (including phenoxy) is 2. The molecule has 0 amide bonds. The van der Waals surface area contributed by atoms with Gasteiger partial charge in [-0.05, 0) is 89.9 Å². The van der Waals surface area contributed by atoms with E-state index in [4.69, 9.17) is 9.47 Å². The van der Waals surface area contributed by atoms with Crippen molar-refractivity contribution in [1.82, 2.24) is 0 Å². The third-order valence-electron chi connectivity index (χ3n) is 11.4. The molecular formula is C59H100O5. The zero-order chi connectivity index (χ0) is 46.3. The van der Waals surface area contributed by atoms with Crippen LogP contribution in [-0.4, -0.2) is 36.4 Å². The fourth-order valence-electron chi connectivity index (χ4n) is 7.42. The molecule has 0 rings (SSSR count). The van der Waals surface area contributed by atoms with Gasteiger partial charge in [0.2, 0.25) is 0 Å². The van der Waals surface area contributed by atoms with Gasteiger partial charge in [0.1, 0.15) is 6.61 Å². The van der Waals surface area contributed by atoms with Crippen LogP contribution >= 0.6 is 0 Å². The first kappa shape index (κ1) is 60.8. The van der Waals surface area contributed by atoms with Gasteiger partial charge in [-0.1, -0.05) is 239 Å². The average Bonchev–Trinajstić information content (AvgIpc) is 3.30. The molecule has 0 aromatic carbocycles. The summed E-state index contributed by atoms with van der Waals surface area (Å²) in [5, 5.41) is 9.64. The summed E-state index contributed by atoms with van der Waals surface area (Å²) in [7, 11) is 0. The molecule has 0 spiro atoms. The molecule has 5 nitrogen and oxygen atoms in total. The van der Waals surface area contributed by atoms with Gasteiger partial charge in [-0.15, -0.1) is 0 Å². The first-order chi connectivity index (χ1) is 31.6. The molecule has 0 saturated carbocycles. The lowest BCUT2D eigenvalue weighted by atomic mass is 10.0. The highest BCUT2D eigenvalue weighted by atomic mass is 16.6. The second kappa shape index (κ2) is 54.2. The normalized spacial score (nSPS) is 13.0. The van der Waals surface area contributed by atoms with Gasteiger partial charge in [0, 0.05) is 12.8 Å². The van der Waals surface area contributed by atoms with Crippen molar-refractivity contribution in [3.8, 4) is 0 Å². The number of esters is 2. The van der Waals surface area contributed by atoms with Crippen LogP contribution < -0.4 is 0 Å². The Labute approximate surface area is 396 Å². The molecule has 0 aliphatic rings. The van der Waals surface area contributed by atoms with E-state index in [1.165, 1.54) is 122 Å². The van der Waals surface area contributed by atoms with Crippen LogP contribution in [0.25, 0.3) is 0 Å². The molecule has 64 heavy (non-hydrogen) atoms. The summed E-state index contributed by atoms with van der Waals surface area (Å²) in [6, 6.07) is 0. The van der Waals surface area contributed by atoms with Gasteiger partial charge in [-0.25, -0.2) is 0 Å². The standard InChI is InChI=1S/C59H100O5/c1-3-5-7-9-11-13-15-17-19-21-23-24-25-26-27-28-29-30-31-32-33-34-36-38-40-42-44-46-48-50-52-54-59(62)64-57(55-60)56-63-58(61)53-51-49-47-45-43-41-39-37-35-22-20-18-16-14-12-10-8-6-4-2/h5-8,11-14,17-20,23-24,35,37,57,60H,3-4,9-10,15-16,21-22,25-34,36,38-56H2,1-2H3/b7-5-,8-6-,13-11-,14-12-,19-17-,20-18-,24-23-,37-35-. The summed E-state index contributed by atoms with van der Waals surface area (Å²) < 4.78 is 10.7. The van der Waals surface area contributed by atoms with E-state index in [0.29, 0.717) is 12.8 Å². The minimum absolute atomic E-state index is 0.0760. The summed E-state index contributed by atoms with van der Waals surface area (Å²) in [5.74, 6) is -0.605. The van der Waals surface area contributed by atoms with E-state index in [2.05, 4.69) is 111 Å². The summed E-state index contributed by atoms with van der Waals surface area (Å²) in [6.07, 6.45) is 76.6. The number of carbonyl (C=O) groups is 2. The van der Waals surface area contributed by atoms with E-state index < -0.39 is 6.10 Å². The first-order valence-corrected chi connectivity index (χ1v) is 26.8. The second-order valence-electron chi connectivity index (χ2n) is 17.5. The van der Waals surface area contributed by atoms with Crippen molar-refractivity contribution in [2.75, 3.05) is 13.2 Å². The lowest BCUT2D eigenvalue weighted by molar-refractivity contribution is -0.161. The SMILES string of the molecule is CC/C=C\C/C=C\C/C=C\C/C=C\CCCCCCCCCCCCCCCCCCCCC(=O)OC(CO)COC(=O)CCCCCCCC/C=C\C/C=C\C/C=C\C/C=C\CC. The monoisotopic (exact) mass is 889 g/mol. The van der Waals surface area contributed by atoms with E-state index in [0.717, 1.165) is 96.3 Å². The van der Waals surface area contributed by atoms with Gasteiger partial charge in [0.05, 0.1) is 6.61 Å². The van der Waals surface area contributed by atoms with E-state index in [9.17, 15) is 14.7 Å². The maximum atomic E-state index is 12.3. The number of aliphatic hydroxyl groups excluding tert-OH is 1. The predicted octanol–water partition coefficient (Wildman–Crippen LogP) is 18.0. The number of rotatable bonds is 48. The molecule has 0 aliphatic heterocycles. The van der Waals surface area contributed by atoms with Crippen molar-refractivity contribution in [3.05, 3.63) is 97.2 Å². The molecule has 0 fully saturated rings. The van der Waals surface area contributed by atoms with Crippen LogP contribution in [0.1, 0.15) is 245 Å². The van der Waals surface area contributed by atoms with Crippen molar-refractivity contribution < 1.29 is 24.2 Å². The Kier molecular flexibility index (Phi) is 51.5. The lowest BCUT2D eigenvalue weighted by Gasteiger charge is -2.15. The van der Waals surface area contributed by atoms with E-state index in [-0.39, 0.29) is 25.2 Å². The number of hydrogen-bond acceptors (Lipinski definition) is 5. The van der Waals surface area contributed by atoms with Gasteiger partial charge in [0.15, 0.2) is 6.10 Å². The third-order valence-corrected chi connectivity index (χ3v) is 11.4. The largest absolute Gasteiger partial charge is 0.462 e. The molecule has 0 aromatic rings. The van der Waals surface area contributed by atoms with Gasteiger partial charge >= 0.3 is 11.9 Å². The highest BCUT2D eigenvalue weighted by molar-refractivity contribution is 5.70. The molecule has 1 N–H and O–H groups in total. The Hall–Kier alpha value is -3.18. The molecule has 0 saturated heterocycles. The van der Waals surface area contributed by atoms with Crippen LogP contribution in [0.15, 0.2) is 97.2 Å². The number of unbranched alkanes of at least 4 members (excludes halogenated alkanes) is 24. The quantitative estimate of drug-likeness (QED) is 0.0374. The summed E-state index contributed by atoms with van der Waals surface area (Å²) in [5.41, 5.74) is 0. The molecule has 366 valence electrons. The zero-order valence-electron chi connectivity index (χ0n) is 41.8. The van der Waals surface area contributed by atoms with Crippen LogP contribution in [0.3, 0.4) is 0 Å². The van der Waals surface area contributed by atoms with Crippen molar-refractivity contribution >= 4 is 11.9 Å². The molecule has 0 aliphatic carbocycles. The van der Waals surface area contributed by atoms with Crippen LogP contribution in [0.4, 0.5) is 0 Å². The highest BCUT2D eigenvalue weighted by Crippen LogP contribution is 2.16. The maximum Gasteiger partial charge on any atom is 0.306 e. The number of hydrogen-bond donors (Lipinski definition) is 1. The molecular weight excluding hydrogens is 789 g/mol. The molecule has 0 heterocycles. The van der Waals surface area contributed by atoms with Gasteiger partial charge in [-0.3, -0.25) is 9.59 Å². The van der Waals surface area contributed by atoms with Crippen molar-refractivity contribution in [2.45, 2.75) is 251 Å². The van der Waals surface area contributed by atoms with Crippen LogP contribution in [0.2, 0.25) is 0 Å². The molecule has 0 aromatic heterocycles. The summed E-state index contributed by atoms with van der Waals surface area (Å²) in [6.45, 7) is 3.91. The third kappa shape index (κ3) is 51.5. The molecule has 5 heteroatoms. The maximum absolute atomic E-state index is 12.3. The van der Waals surface area contributed by atoms with E-state index in [1.807, 2.05) is 0 Å². The Morgan fingerprint density at radius 1 is 0.359 bits per heavy atom. The molecule has 0 bridgehead atoms. The minimum Gasteiger partial charge on any atom is -0.462 e. The van der Waals surface area contributed by atoms with E-state index in [1.54, 1.807) is 0 Å². The second-order valence-corrected chi connectivity index (χ2v) is 17.5. The zero-order valence-corrected chi connectivity index (χ0v) is 41.8. The van der Waals surface area contributed by atoms with Gasteiger partial charge in [0.25, 0.3) is 0 Å². The topological polar surface area (TPSA) is 72.8 Å². The fraction of sp³-hybridized carbons (Fsp3) is 0.695. The Morgan fingerprint density at radius 2 is 0.625 bits per heavy atom. The molecule has 0 radical (unpaired) electrons. The first-order valence-electron chi connectivity index (χ1n) is 26.8.